The van der Waals surface area contributed by atoms with Gasteiger partial charge in [-0.1, -0.05) is 43.2 Å². The van der Waals surface area contributed by atoms with Gasteiger partial charge in [0.15, 0.2) is 0 Å². The number of hydrogen-bond donors (Lipinski definition) is 0. The van der Waals surface area contributed by atoms with Crippen molar-refractivity contribution in [3.8, 4) is 0 Å². The van der Waals surface area contributed by atoms with Crippen molar-refractivity contribution in [2.24, 2.45) is 11.8 Å². The van der Waals surface area contributed by atoms with Crippen molar-refractivity contribution in [1.82, 2.24) is 9.80 Å². The molecule has 4 heteroatoms. The fraction of sp³-hybridized carbons (Fsp3) is 0.619. The second kappa shape index (κ2) is 7.19. The predicted molar refractivity (Wildman–Crippen MR) is 96.7 cm³/mol. The normalized spacial score (nSPS) is 29.6. The van der Waals surface area contributed by atoms with Crippen molar-refractivity contribution in [3.63, 3.8) is 0 Å². The molecule has 25 heavy (non-hydrogen) atoms. The molecule has 2 aliphatic heterocycles. The first-order chi connectivity index (χ1) is 12.2. The van der Waals surface area contributed by atoms with Gasteiger partial charge in [0.05, 0.1) is 5.92 Å². The van der Waals surface area contributed by atoms with Crippen molar-refractivity contribution >= 4 is 11.8 Å². The standard InChI is InChI=1S/C21H28N2O2/c24-20-13-18(15-22(20)14-16-7-2-1-3-8-16)21(25)23-12-6-10-17-9-4-5-11-19(17)23/h1-3,7-8,17-19H,4-6,9-15H2. The molecular formula is C21H28N2O2. The Morgan fingerprint density at radius 1 is 1.04 bits per heavy atom. The average molecular weight is 340 g/mol. The van der Waals surface area contributed by atoms with Gasteiger partial charge in [-0.05, 0) is 37.2 Å². The zero-order valence-electron chi connectivity index (χ0n) is 14.9. The summed E-state index contributed by atoms with van der Waals surface area (Å²) in [5.41, 5.74) is 1.13. The molecule has 1 aromatic carbocycles. The molecule has 0 radical (unpaired) electrons. The number of carbonyl (C=O) groups is 2. The van der Waals surface area contributed by atoms with Crippen LogP contribution in [0.3, 0.4) is 0 Å². The van der Waals surface area contributed by atoms with Gasteiger partial charge >= 0.3 is 0 Å². The van der Waals surface area contributed by atoms with Crippen LogP contribution in [0.1, 0.15) is 50.5 Å². The molecule has 3 aliphatic rings. The lowest BCUT2D eigenvalue weighted by molar-refractivity contribution is -0.142. The summed E-state index contributed by atoms with van der Waals surface area (Å²) >= 11 is 0. The van der Waals surface area contributed by atoms with Crippen LogP contribution in [0.5, 0.6) is 0 Å². The molecular weight excluding hydrogens is 312 g/mol. The molecule has 3 atom stereocenters. The zero-order valence-corrected chi connectivity index (χ0v) is 14.9. The Hall–Kier alpha value is -1.84. The predicted octanol–water partition coefficient (Wildman–Crippen LogP) is 3.22. The summed E-state index contributed by atoms with van der Waals surface area (Å²) < 4.78 is 0. The number of nitrogens with zero attached hydrogens (tertiary/aromatic N) is 2. The van der Waals surface area contributed by atoms with Gasteiger partial charge in [-0.2, -0.15) is 0 Å². The number of benzene rings is 1. The number of piperidine rings is 1. The summed E-state index contributed by atoms with van der Waals surface area (Å²) in [6.07, 6.45) is 7.78. The fourth-order valence-electron chi connectivity index (χ4n) is 5.03. The summed E-state index contributed by atoms with van der Waals surface area (Å²) in [5, 5.41) is 0. The van der Waals surface area contributed by atoms with Gasteiger partial charge in [0, 0.05) is 32.1 Å². The van der Waals surface area contributed by atoms with Crippen LogP contribution < -0.4 is 0 Å². The highest BCUT2D eigenvalue weighted by Crippen LogP contribution is 2.36. The van der Waals surface area contributed by atoms with Gasteiger partial charge in [-0.15, -0.1) is 0 Å². The molecule has 3 fully saturated rings. The summed E-state index contributed by atoms with van der Waals surface area (Å²) in [6, 6.07) is 10.5. The van der Waals surface area contributed by atoms with Crippen molar-refractivity contribution in [2.45, 2.75) is 57.5 Å². The van der Waals surface area contributed by atoms with Crippen molar-refractivity contribution in [3.05, 3.63) is 35.9 Å². The van der Waals surface area contributed by atoms with E-state index in [1.165, 1.54) is 25.7 Å². The number of carbonyl (C=O) groups excluding carboxylic acids is 2. The van der Waals surface area contributed by atoms with Crippen LogP contribution in [-0.4, -0.2) is 40.7 Å². The van der Waals surface area contributed by atoms with Gasteiger partial charge in [0.1, 0.15) is 0 Å². The number of likely N-dealkylation sites (tertiary alicyclic amines) is 2. The first kappa shape index (κ1) is 16.6. The van der Waals surface area contributed by atoms with E-state index in [2.05, 4.69) is 4.90 Å². The SMILES string of the molecule is O=C1CC(C(=O)N2CCCC3CCCCC32)CN1Cc1ccccc1. The van der Waals surface area contributed by atoms with Crippen molar-refractivity contribution in [2.75, 3.05) is 13.1 Å². The maximum atomic E-state index is 13.1. The summed E-state index contributed by atoms with van der Waals surface area (Å²) in [4.78, 5) is 29.6. The van der Waals surface area contributed by atoms with Crippen LogP contribution in [0.25, 0.3) is 0 Å². The van der Waals surface area contributed by atoms with Crippen molar-refractivity contribution in [1.29, 1.82) is 0 Å². The maximum Gasteiger partial charge on any atom is 0.228 e. The maximum absolute atomic E-state index is 13.1. The molecule has 2 amide bonds. The first-order valence-corrected chi connectivity index (χ1v) is 9.84. The highest BCUT2D eigenvalue weighted by atomic mass is 16.2. The molecule has 1 saturated carbocycles. The van der Waals surface area contributed by atoms with E-state index in [-0.39, 0.29) is 17.7 Å². The molecule has 1 aromatic rings. The lowest BCUT2D eigenvalue weighted by Gasteiger charge is -2.45. The average Bonchev–Trinajstić information content (AvgIpc) is 3.02. The Balaban J connectivity index is 1.41. The third-order valence-corrected chi connectivity index (χ3v) is 6.31. The summed E-state index contributed by atoms with van der Waals surface area (Å²) in [7, 11) is 0. The molecule has 4 nitrogen and oxygen atoms in total. The lowest BCUT2D eigenvalue weighted by Crippen LogP contribution is -2.51. The van der Waals surface area contributed by atoms with E-state index in [0.717, 1.165) is 24.9 Å². The molecule has 0 bridgehead atoms. The third kappa shape index (κ3) is 3.44. The smallest absolute Gasteiger partial charge is 0.228 e. The Bertz CT molecular complexity index is 628. The highest BCUT2D eigenvalue weighted by molar-refractivity contribution is 5.89. The van der Waals surface area contributed by atoms with Gasteiger partial charge in [-0.3, -0.25) is 9.59 Å². The Kier molecular flexibility index (Phi) is 4.78. The minimum Gasteiger partial charge on any atom is -0.339 e. The Morgan fingerprint density at radius 2 is 1.80 bits per heavy atom. The Morgan fingerprint density at radius 3 is 2.64 bits per heavy atom. The highest BCUT2D eigenvalue weighted by Gasteiger charge is 2.41. The van der Waals surface area contributed by atoms with Crippen LogP contribution in [-0.2, 0) is 16.1 Å². The first-order valence-electron chi connectivity index (χ1n) is 9.84. The van der Waals surface area contributed by atoms with E-state index in [1.807, 2.05) is 35.2 Å². The van der Waals surface area contributed by atoms with E-state index < -0.39 is 0 Å². The van der Waals surface area contributed by atoms with Crippen molar-refractivity contribution < 1.29 is 9.59 Å². The summed E-state index contributed by atoms with van der Waals surface area (Å²) in [5.74, 6) is 0.917. The van der Waals surface area contributed by atoms with Crippen LogP contribution in [0.4, 0.5) is 0 Å². The van der Waals surface area contributed by atoms with Gasteiger partial charge in [-0.25, -0.2) is 0 Å². The van der Waals surface area contributed by atoms with Crippen LogP contribution >= 0.6 is 0 Å². The van der Waals surface area contributed by atoms with Crippen LogP contribution in [0.15, 0.2) is 30.3 Å². The molecule has 134 valence electrons. The van der Waals surface area contributed by atoms with Crippen LogP contribution in [0.2, 0.25) is 0 Å². The molecule has 2 heterocycles. The molecule has 3 unspecified atom stereocenters. The zero-order chi connectivity index (χ0) is 17.2. The minimum atomic E-state index is -0.142. The molecule has 1 aliphatic carbocycles. The number of fused-ring (bicyclic) bond motifs is 1. The summed E-state index contributed by atoms with van der Waals surface area (Å²) in [6.45, 7) is 2.10. The quantitative estimate of drug-likeness (QED) is 0.848. The van der Waals surface area contributed by atoms with E-state index in [0.29, 0.717) is 31.5 Å². The van der Waals surface area contributed by atoms with Gasteiger partial charge in [0.2, 0.25) is 11.8 Å². The second-order valence-electron chi connectivity index (χ2n) is 7.95. The van der Waals surface area contributed by atoms with E-state index in [9.17, 15) is 9.59 Å². The fourth-order valence-corrected chi connectivity index (χ4v) is 5.03. The molecule has 0 aromatic heterocycles. The van der Waals surface area contributed by atoms with E-state index in [4.69, 9.17) is 0 Å². The molecule has 0 N–H and O–H groups in total. The monoisotopic (exact) mass is 340 g/mol. The van der Waals surface area contributed by atoms with Gasteiger partial charge < -0.3 is 9.80 Å². The second-order valence-corrected chi connectivity index (χ2v) is 7.95. The minimum absolute atomic E-state index is 0.124. The number of rotatable bonds is 3. The van der Waals surface area contributed by atoms with Gasteiger partial charge in [0.25, 0.3) is 0 Å². The largest absolute Gasteiger partial charge is 0.339 e. The number of hydrogen-bond acceptors (Lipinski definition) is 2. The molecule has 4 rings (SSSR count). The van der Waals surface area contributed by atoms with E-state index >= 15 is 0 Å². The lowest BCUT2D eigenvalue weighted by atomic mass is 9.78. The number of amides is 2. The van der Waals surface area contributed by atoms with Crippen LogP contribution in [0, 0.1) is 11.8 Å². The molecule has 0 spiro atoms. The van der Waals surface area contributed by atoms with E-state index in [1.54, 1.807) is 0 Å². The topological polar surface area (TPSA) is 40.6 Å². The molecule has 2 saturated heterocycles. The Labute approximate surface area is 150 Å². The third-order valence-electron chi connectivity index (χ3n) is 6.31.